The van der Waals surface area contributed by atoms with Crippen molar-refractivity contribution < 1.29 is 9.57 Å². The first-order valence-corrected chi connectivity index (χ1v) is 4.68. The van der Waals surface area contributed by atoms with E-state index in [0.717, 1.165) is 19.6 Å². The van der Waals surface area contributed by atoms with Gasteiger partial charge >= 0.3 is 0 Å². The Morgan fingerprint density at radius 3 is 2.83 bits per heavy atom. The molecule has 2 fully saturated rings. The maximum atomic E-state index is 5.81. The van der Waals surface area contributed by atoms with Crippen LogP contribution in [0.1, 0.15) is 20.3 Å². The zero-order valence-corrected chi connectivity index (χ0v) is 8.04. The van der Waals surface area contributed by atoms with Crippen molar-refractivity contribution in [3.05, 3.63) is 0 Å². The second kappa shape index (κ2) is 2.69. The highest BCUT2D eigenvalue weighted by Gasteiger charge is 2.56. The Kier molecular flexibility index (Phi) is 1.90. The summed E-state index contributed by atoms with van der Waals surface area (Å²) in [6.07, 6.45) is 1.09. The van der Waals surface area contributed by atoms with Crippen molar-refractivity contribution in [1.29, 1.82) is 0 Å². The first-order chi connectivity index (χ1) is 5.73. The van der Waals surface area contributed by atoms with E-state index in [0.29, 0.717) is 12.0 Å². The molecule has 2 aliphatic rings. The smallest absolute Gasteiger partial charge is 0.0872 e. The summed E-state index contributed by atoms with van der Waals surface area (Å²) in [4.78, 5) is 5.30. The fourth-order valence-corrected chi connectivity index (χ4v) is 2.52. The lowest BCUT2D eigenvalue weighted by molar-refractivity contribution is -0.194. The molecule has 2 rings (SSSR count). The molecule has 0 unspecified atom stereocenters. The first-order valence-electron chi connectivity index (χ1n) is 4.68. The summed E-state index contributed by atoms with van der Waals surface area (Å²) >= 11 is 0. The van der Waals surface area contributed by atoms with Crippen LogP contribution in [0.25, 0.3) is 0 Å². The lowest BCUT2D eigenvalue weighted by Crippen LogP contribution is -2.41. The Labute approximate surface area is 73.6 Å². The fourth-order valence-electron chi connectivity index (χ4n) is 2.52. The van der Waals surface area contributed by atoms with Gasteiger partial charge < -0.3 is 9.57 Å². The van der Waals surface area contributed by atoms with E-state index in [2.05, 4.69) is 18.9 Å². The number of hydroxylamine groups is 2. The molecule has 2 aliphatic heterocycles. The molecule has 2 bridgehead atoms. The molecule has 0 radical (unpaired) electrons. The predicted octanol–water partition coefficient (Wildman–Crippen LogP) is 1.05. The van der Waals surface area contributed by atoms with E-state index in [9.17, 15) is 0 Å². The highest BCUT2D eigenvalue weighted by atomic mass is 16.7. The summed E-state index contributed by atoms with van der Waals surface area (Å²) in [6, 6.07) is 0.481. The molecule has 3 nitrogen and oxygen atoms in total. The molecule has 0 spiro atoms. The summed E-state index contributed by atoms with van der Waals surface area (Å²) in [6.45, 7) is 6.23. The van der Waals surface area contributed by atoms with Crippen molar-refractivity contribution in [2.24, 2.45) is 5.92 Å². The van der Waals surface area contributed by atoms with Gasteiger partial charge in [0.1, 0.15) is 0 Å². The van der Waals surface area contributed by atoms with Gasteiger partial charge in [0.15, 0.2) is 0 Å². The zero-order chi connectivity index (χ0) is 8.77. The maximum absolute atomic E-state index is 5.81. The van der Waals surface area contributed by atoms with E-state index in [1.807, 2.05) is 0 Å². The second-order valence-corrected chi connectivity index (χ2v) is 3.84. The highest BCUT2D eigenvalue weighted by molar-refractivity contribution is 5.04. The maximum Gasteiger partial charge on any atom is 0.0872 e. The molecule has 0 aromatic rings. The zero-order valence-electron chi connectivity index (χ0n) is 8.04. The normalized spacial score (nSPS) is 47.2. The van der Waals surface area contributed by atoms with Gasteiger partial charge in [-0.1, -0.05) is 13.8 Å². The standard InChI is InChI=1S/C9H17NO2/c1-4-9-6-10(11-3)8(5-12-9)7(9)2/h7-8H,4-6H2,1-3H3/t7-,8-,9-/m0/s1. The van der Waals surface area contributed by atoms with E-state index < -0.39 is 0 Å². The molecule has 0 saturated carbocycles. The Hall–Kier alpha value is -0.120. The number of fused-ring (bicyclic) bond motifs is 2. The van der Waals surface area contributed by atoms with Crippen molar-refractivity contribution in [1.82, 2.24) is 5.06 Å². The summed E-state index contributed by atoms with van der Waals surface area (Å²) in [5.74, 6) is 0.613. The Balaban J connectivity index is 2.18. The van der Waals surface area contributed by atoms with Crippen LogP contribution >= 0.6 is 0 Å². The molecule has 0 aromatic carbocycles. The molecule has 0 aliphatic carbocycles. The highest BCUT2D eigenvalue weighted by Crippen LogP contribution is 2.44. The van der Waals surface area contributed by atoms with E-state index >= 15 is 0 Å². The molecule has 70 valence electrons. The molecule has 2 saturated heterocycles. The number of hydrogen-bond acceptors (Lipinski definition) is 3. The minimum absolute atomic E-state index is 0.0840. The van der Waals surface area contributed by atoms with Crippen LogP contribution in [0.3, 0.4) is 0 Å². The SMILES string of the molecule is CC[C@@]12CN(OC)[C@@H](CO1)[C@@H]2C. The van der Waals surface area contributed by atoms with Crippen molar-refractivity contribution in [3.8, 4) is 0 Å². The summed E-state index contributed by atoms with van der Waals surface area (Å²) in [7, 11) is 1.75. The topological polar surface area (TPSA) is 21.7 Å². The second-order valence-electron chi connectivity index (χ2n) is 3.84. The van der Waals surface area contributed by atoms with Gasteiger partial charge in [-0.15, -0.1) is 0 Å². The number of nitrogens with zero attached hydrogens (tertiary/aromatic N) is 1. The Morgan fingerprint density at radius 2 is 2.42 bits per heavy atom. The lowest BCUT2D eigenvalue weighted by atomic mass is 9.89. The third-order valence-corrected chi connectivity index (χ3v) is 3.57. The Morgan fingerprint density at radius 1 is 1.67 bits per heavy atom. The van der Waals surface area contributed by atoms with Crippen LogP contribution in [-0.4, -0.2) is 37.0 Å². The first kappa shape index (κ1) is 8.48. The van der Waals surface area contributed by atoms with Gasteiger partial charge in [-0.25, -0.2) is 0 Å². The van der Waals surface area contributed by atoms with E-state index in [-0.39, 0.29) is 5.60 Å². The average Bonchev–Trinajstić information content (AvgIpc) is 2.58. The van der Waals surface area contributed by atoms with Crippen molar-refractivity contribution in [3.63, 3.8) is 0 Å². The largest absolute Gasteiger partial charge is 0.372 e. The summed E-state index contributed by atoms with van der Waals surface area (Å²) < 4.78 is 5.81. The van der Waals surface area contributed by atoms with E-state index in [4.69, 9.17) is 9.57 Å². The van der Waals surface area contributed by atoms with Crippen LogP contribution < -0.4 is 0 Å². The lowest BCUT2D eigenvalue weighted by Gasteiger charge is -2.30. The van der Waals surface area contributed by atoms with E-state index in [1.165, 1.54) is 0 Å². The van der Waals surface area contributed by atoms with Crippen LogP contribution in [0.2, 0.25) is 0 Å². The van der Waals surface area contributed by atoms with Gasteiger partial charge in [-0.2, -0.15) is 5.06 Å². The van der Waals surface area contributed by atoms with Crippen LogP contribution in [0.4, 0.5) is 0 Å². The molecule has 3 atom stereocenters. The summed E-state index contributed by atoms with van der Waals surface area (Å²) in [5.41, 5.74) is 0.0840. The van der Waals surface area contributed by atoms with E-state index in [1.54, 1.807) is 7.11 Å². The Bertz CT molecular complexity index is 185. The van der Waals surface area contributed by atoms with Crippen LogP contribution in [-0.2, 0) is 9.57 Å². The monoisotopic (exact) mass is 171 g/mol. The number of hydrogen-bond donors (Lipinski definition) is 0. The van der Waals surface area contributed by atoms with Gasteiger partial charge in [0.25, 0.3) is 0 Å². The average molecular weight is 171 g/mol. The summed E-state index contributed by atoms with van der Waals surface area (Å²) in [5, 5.41) is 2.07. The molecular weight excluding hydrogens is 154 g/mol. The van der Waals surface area contributed by atoms with Gasteiger partial charge in [-0.05, 0) is 6.42 Å². The minimum atomic E-state index is 0.0840. The molecule has 2 heterocycles. The molecular formula is C9H17NO2. The minimum Gasteiger partial charge on any atom is -0.372 e. The number of rotatable bonds is 2. The third kappa shape index (κ3) is 0.873. The third-order valence-electron chi connectivity index (χ3n) is 3.57. The van der Waals surface area contributed by atoms with Gasteiger partial charge in [-0.3, -0.25) is 0 Å². The van der Waals surface area contributed by atoms with Gasteiger partial charge in [0, 0.05) is 5.92 Å². The number of ether oxygens (including phenoxy) is 1. The van der Waals surface area contributed by atoms with Crippen LogP contribution in [0.15, 0.2) is 0 Å². The van der Waals surface area contributed by atoms with Crippen LogP contribution in [0.5, 0.6) is 0 Å². The molecule has 0 amide bonds. The van der Waals surface area contributed by atoms with Crippen LogP contribution in [0, 0.1) is 5.92 Å². The predicted molar refractivity (Wildman–Crippen MR) is 45.6 cm³/mol. The van der Waals surface area contributed by atoms with Gasteiger partial charge in [0.05, 0.1) is 31.9 Å². The molecule has 0 N–H and O–H groups in total. The molecule has 12 heavy (non-hydrogen) atoms. The number of morpholine rings is 1. The quantitative estimate of drug-likeness (QED) is 0.620. The fraction of sp³-hybridized carbons (Fsp3) is 1.00. The molecule has 0 aromatic heterocycles. The van der Waals surface area contributed by atoms with Crippen molar-refractivity contribution in [2.45, 2.75) is 31.9 Å². The van der Waals surface area contributed by atoms with Crippen molar-refractivity contribution in [2.75, 3.05) is 20.3 Å². The molecule has 3 heteroatoms. The van der Waals surface area contributed by atoms with Crippen molar-refractivity contribution >= 4 is 0 Å². The van der Waals surface area contributed by atoms with Gasteiger partial charge in [0.2, 0.25) is 0 Å².